The number of thiophene rings is 1. The van der Waals surface area contributed by atoms with Crippen molar-refractivity contribution in [2.24, 2.45) is 0 Å². The average molecular weight is 364 g/mol. The van der Waals surface area contributed by atoms with Crippen LogP contribution < -0.4 is 4.90 Å². The van der Waals surface area contributed by atoms with Crippen molar-refractivity contribution < 1.29 is 13.7 Å². The fourth-order valence-corrected chi connectivity index (χ4v) is 3.52. The molecule has 1 fully saturated rings. The average Bonchev–Trinajstić information content (AvgIpc) is 3.27. The van der Waals surface area contributed by atoms with Crippen LogP contribution >= 0.6 is 22.9 Å². The van der Waals surface area contributed by atoms with Crippen LogP contribution in [0.25, 0.3) is 10.8 Å². The summed E-state index contributed by atoms with van der Waals surface area (Å²) in [7, 11) is 0. The molecule has 1 aromatic carbocycles. The number of carbonyl (C=O) groups is 1. The zero-order valence-corrected chi connectivity index (χ0v) is 13.9. The fraction of sp³-hybridized carbons (Fsp3) is 0.188. The van der Waals surface area contributed by atoms with Crippen molar-refractivity contribution in [3.63, 3.8) is 0 Å². The molecule has 1 unspecified atom stereocenters. The lowest BCUT2D eigenvalue weighted by Gasteiger charge is -2.17. The Balaban J connectivity index is 1.58. The van der Waals surface area contributed by atoms with E-state index in [1.54, 1.807) is 6.07 Å². The van der Waals surface area contributed by atoms with Gasteiger partial charge in [0.05, 0.1) is 10.6 Å². The van der Waals surface area contributed by atoms with Gasteiger partial charge in [-0.2, -0.15) is 4.98 Å². The highest BCUT2D eigenvalue weighted by Crippen LogP contribution is 2.34. The highest BCUT2D eigenvalue weighted by atomic mass is 35.5. The second-order valence-electron chi connectivity index (χ2n) is 5.44. The van der Waals surface area contributed by atoms with Gasteiger partial charge in [-0.25, -0.2) is 4.39 Å². The topological polar surface area (TPSA) is 59.2 Å². The van der Waals surface area contributed by atoms with Crippen molar-refractivity contribution in [1.29, 1.82) is 0 Å². The van der Waals surface area contributed by atoms with Gasteiger partial charge in [-0.15, -0.1) is 11.3 Å². The number of hydrogen-bond acceptors (Lipinski definition) is 5. The van der Waals surface area contributed by atoms with Crippen LogP contribution in [0, 0.1) is 5.82 Å². The summed E-state index contributed by atoms with van der Waals surface area (Å²) in [6.45, 7) is 0.306. The number of amides is 1. The van der Waals surface area contributed by atoms with Crippen LogP contribution in [0.1, 0.15) is 18.2 Å². The highest BCUT2D eigenvalue weighted by molar-refractivity contribution is 7.13. The van der Waals surface area contributed by atoms with E-state index in [2.05, 4.69) is 10.1 Å². The second kappa shape index (κ2) is 5.99. The van der Waals surface area contributed by atoms with Crippen LogP contribution in [-0.2, 0) is 4.79 Å². The molecule has 8 heteroatoms. The van der Waals surface area contributed by atoms with E-state index in [1.165, 1.54) is 28.4 Å². The number of aromatic nitrogens is 2. The molecule has 122 valence electrons. The molecule has 2 aromatic heterocycles. The minimum atomic E-state index is -0.524. The Morgan fingerprint density at radius 3 is 3.00 bits per heavy atom. The molecule has 3 heterocycles. The SMILES string of the molecule is O=C1CC(c2noc(-c3cccs3)n2)CN1c1ccc(Cl)cc1F. The van der Waals surface area contributed by atoms with Gasteiger partial charge in [-0.05, 0) is 29.6 Å². The Kier molecular flexibility index (Phi) is 3.82. The Morgan fingerprint density at radius 1 is 1.38 bits per heavy atom. The Bertz CT molecular complexity index is 897. The molecule has 0 radical (unpaired) electrons. The maximum Gasteiger partial charge on any atom is 0.267 e. The summed E-state index contributed by atoms with van der Waals surface area (Å²) in [5, 5.41) is 6.19. The third-order valence-corrected chi connectivity index (χ3v) is 4.96. The molecule has 0 aliphatic carbocycles. The Morgan fingerprint density at radius 2 is 2.25 bits per heavy atom. The number of rotatable bonds is 3. The molecule has 5 nitrogen and oxygen atoms in total. The second-order valence-corrected chi connectivity index (χ2v) is 6.82. The lowest BCUT2D eigenvalue weighted by molar-refractivity contribution is -0.117. The first-order chi connectivity index (χ1) is 11.6. The summed E-state index contributed by atoms with van der Waals surface area (Å²) in [5.41, 5.74) is 0.217. The highest BCUT2D eigenvalue weighted by Gasteiger charge is 2.35. The quantitative estimate of drug-likeness (QED) is 0.702. The first-order valence-electron chi connectivity index (χ1n) is 7.24. The monoisotopic (exact) mass is 363 g/mol. The summed E-state index contributed by atoms with van der Waals surface area (Å²) >= 11 is 7.26. The van der Waals surface area contributed by atoms with Crippen molar-refractivity contribution in [3.8, 4) is 10.8 Å². The lowest BCUT2D eigenvalue weighted by Crippen LogP contribution is -2.25. The number of anilines is 1. The minimum Gasteiger partial charge on any atom is -0.333 e. The maximum absolute atomic E-state index is 14.1. The van der Waals surface area contributed by atoms with E-state index in [-0.39, 0.29) is 23.9 Å². The Hall–Kier alpha value is -2.25. The zero-order valence-electron chi connectivity index (χ0n) is 12.3. The molecule has 1 aliphatic heterocycles. The number of carbonyl (C=O) groups excluding carboxylic acids is 1. The fourth-order valence-electron chi connectivity index (χ4n) is 2.71. The van der Waals surface area contributed by atoms with Crippen molar-refractivity contribution in [1.82, 2.24) is 10.1 Å². The van der Waals surface area contributed by atoms with Gasteiger partial charge in [0.1, 0.15) is 5.82 Å². The molecule has 1 saturated heterocycles. The maximum atomic E-state index is 14.1. The summed E-state index contributed by atoms with van der Waals surface area (Å²) in [5.74, 6) is -0.0372. The first kappa shape index (κ1) is 15.3. The van der Waals surface area contributed by atoms with Crippen LogP contribution in [0.4, 0.5) is 10.1 Å². The standard InChI is InChI=1S/C16H11ClFN3O2S/c17-10-3-4-12(11(18)7-10)21-8-9(6-14(21)22)15-19-16(23-20-15)13-2-1-5-24-13/h1-5,7,9H,6,8H2. The van der Waals surface area contributed by atoms with Crippen molar-refractivity contribution >= 4 is 34.5 Å². The van der Waals surface area contributed by atoms with Crippen molar-refractivity contribution in [2.75, 3.05) is 11.4 Å². The predicted octanol–water partition coefficient (Wildman–Crippen LogP) is 4.11. The van der Waals surface area contributed by atoms with Gasteiger partial charge < -0.3 is 9.42 Å². The van der Waals surface area contributed by atoms with Gasteiger partial charge in [0.25, 0.3) is 5.89 Å². The minimum absolute atomic E-state index is 0.177. The van der Waals surface area contributed by atoms with Gasteiger partial charge >= 0.3 is 0 Å². The normalized spacial score (nSPS) is 17.7. The number of nitrogens with zero attached hydrogens (tertiary/aromatic N) is 3. The van der Waals surface area contributed by atoms with E-state index in [9.17, 15) is 9.18 Å². The Labute approximate surface area is 145 Å². The van der Waals surface area contributed by atoms with E-state index >= 15 is 0 Å². The van der Waals surface area contributed by atoms with Crippen LogP contribution in [0.15, 0.2) is 40.2 Å². The first-order valence-corrected chi connectivity index (χ1v) is 8.50. The summed E-state index contributed by atoms with van der Waals surface area (Å²) in [4.78, 5) is 18.9. The molecule has 0 N–H and O–H groups in total. The molecule has 0 bridgehead atoms. The summed E-state index contributed by atoms with van der Waals surface area (Å²) in [6.07, 6.45) is 0.214. The third kappa shape index (κ3) is 2.70. The molecule has 1 atom stereocenters. The lowest BCUT2D eigenvalue weighted by atomic mass is 10.1. The molecule has 1 amide bonds. The largest absolute Gasteiger partial charge is 0.333 e. The molecule has 24 heavy (non-hydrogen) atoms. The van der Waals surface area contributed by atoms with Gasteiger partial charge in [0, 0.05) is 23.9 Å². The smallest absolute Gasteiger partial charge is 0.267 e. The van der Waals surface area contributed by atoms with Gasteiger partial charge in [-0.3, -0.25) is 4.79 Å². The van der Waals surface area contributed by atoms with E-state index in [0.717, 1.165) is 4.88 Å². The van der Waals surface area contributed by atoms with Crippen LogP contribution in [-0.4, -0.2) is 22.6 Å². The summed E-state index contributed by atoms with van der Waals surface area (Å²) < 4.78 is 19.3. The number of hydrogen-bond donors (Lipinski definition) is 0. The van der Waals surface area contributed by atoms with Gasteiger partial charge in [-0.1, -0.05) is 22.8 Å². The van der Waals surface area contributed by atoms with Crippen molar-refractivity contribution in [2.45, 2.75) is 12.3 Å². The van der Waals surface area contributed by atoms with Gasteiger partial charge in [0.2, 0.25) is 5.91 Å². The number of halogens is 2. The van der Waals surface area contributed by atoms with Crippen LogP contribution in [0.5, 0.6) is 0 Å². The molecule has 0 saturated carbocycles. The molecule has 1 aliphatic rings. The predicted molar refractivity (Wildman–Crippen MR) is 88.7 cm³/mol. The van der Waals surface area contributed by atoms with Crippen LogP contribution in [0.3, 0.4) is 0 Å². The number of benzene rings is 1. The van der Waals surface area contributed by atoms with E-state index < -0.39 is 5.82 Å². The van der Waals surface area contributed by atoms with E-state index in [1.807, 2.05) is 17.5 Å². The zero-order chi connectivity index (χ0) is 16.7. The molecular formula is C16H11ClFN3O2S. The van der Waals surface area contributed by atoms with Gasteiger partial charge in [0.15, 0.2) is 5.82 Å². The van der Waals surface area contributed by atoms with Crippen molar-refractivity contribution in [3.05, 3.63) is 52.4 Å². The van der Waals surface area contributed by atoms with Crippen LogP contribution in [0.2, 0.25) is 5.02 Å². The van der Waals surface area contributed by atoms with E-state index in [4.69, 9.17) is 16.1 Å². The van der Waals surface area contributed by atoms with E-state index in [0.29, 0.717) is 23.3 Å². The third-order valence-electron chi connectivity index (χ3n) is 3.86. The molecule has 4 rings (SSSR count). The molecule has 3 aromatic rings. The molecular weight excluding hydrogens is 353 g/mol. The molecule has 0 spiro atoms. The summed E-state index contributed by atoms with van der Waals surface area (Å²) in [6, 6.07) is 8.04.